The number of ether oxygens (including phenoxy) is 1. The van der Waals surface area contributed by atoms with Gasteiger partial charge in [0.15, 0.2) is 0 Å². The molecule has 0 atom stereocenters. The van der Waals surface area contributed by atoms with E-state index in [2.05, 4.69) is 4.98 Å². The molecule has 0 saturated carbocycles. The molecule has 3 nitrogen and oxygen atoms in total. The maximum absolute atomic E-state index is 5.52. The van der Waals surface area contributed by atoms with E-state index in [0.717, 1.165) is 16.8 Å². The number of hydrogen-bond acceptors (Lipinski definition) is 3. The molecule has 0 aliphatic rings. The summed E-state index contributed by atoms with van der Waals surface area (Å²) >= 11 is 0. The average Bonchev–Trinajstić information content (AvgIpc) is 2.96. The predicted molar refractivity (Wildman–Crippen MR) is 72.7 cm³/mol. The normalized spacial score (nSPS) is 10.3. The number of nitrogens with zero attached hydrogens (tertiary/aromatic N) is 1. The Hall–Kier alpha value is -2.55. The number of aromatic nitrogens is 1. The minimum absolute atomic E-state index is 0.294. The molecule has 3 heteroatoms. The average molecular weight is 251 g/mol. The Kier molecular flexibility index (Phi) is 3.28. The molecule has 0 saturated heterocycles. The van der Waals surface area contributed by atoms with Crippen LogP contribution in [0, 0.1) is 0 Å². The molecule has 3 aromatic rings. The third kappa shape index (κ3) is 2.83. The van der Waals surface area contributed by atoms with Crippen molar-refractivity contribution in [2.24, 2.45) is 0 Å². The Bertz CT molecular complexity index is 632. The standard InChI is InChI=1S/C16H13NO2/c1-3-7-13(8-4-1)11-18-16-17-15(12-19-16)14-9-5-2-6-10-14/h1-10,12H,11H2. The highest BCUT2D eigenvalue weighted by molar-refractivity contribution is 5.57. The molecular weight excluding hydrogens is 238 g/mol. The van der Waals surface area contributed by atoms with Crippen LogP contribution in [-0.4, -0.2) is 4.98 Å². The predicted octanol–water partition coefficient (Wildman–Crippen LogP) is 3.92. The molecule has 0 spiro atoms. The first-order valence-electron chi connectivity index (χ1n) is 6.09. The zero-order chi connectivity index (χ0) is 12.9. The summed E-state index contributed by atoms with van der Waals surface area (Å²) in [6.07, 6.45) is 1.90. The maximum atomic E-state index is 5.52. The molecule has 0 aliphatic heterocycles. The Morgan fingerprint density at radius 1 is 0.895 bits per heavy atom. The van der Waals surface area contributed by atoms with Gasteiger partial charge in [0.2, 0.25) is 0 Å². The van der Waals surface area contributed by atoms with Crippen LogP contribution in [0.2, 0.25) is 0 Å². The first-order chi connectivity index (χ1) is 9.42. The van der Waals surface area contributed by atoms with Crippen molar-refractivity contribution in [3.63, 3.8) is 0 Å². The summed E-state index contributed by atoms with van der Waals surface area (Å²) in [6.45, 7) is 0.454. The van der Waals surface area contributed by atoms with Crippen LogP contribution in [0.3, 0.4) is 0 Å². The van der Waals surface area contributed by atoms with Gasteiger partial charge in [-0.3, -0.25) is 0 Å². The summed E-state index contributed by atoms with van der Waals surface area (Å²) in [5, 5.41) is 0. The summed E-state index contributed by atoms with van der Waals surface area (Å²) in [5.74, 6) is 0. The van der Waals surface area contributed by atoms with E-state index in [0.29, 0.717) is 12.7 Å². The molecule has 94 valence electrons. The Balaban J connectivity index is 1.69. The van der Waals surface area contributed by atoms with E-state index < -0.39 is 0 Å². The topological polar surface area (TPSA) is 35.3 Å². The zero-order valence-corrected chi connectivity index (χ0v) is 10.3. The Morgan fingerprint density at radius 2 is 1.58 bits per heavy atom. The zero-order valence-electron chi connectivity index (χ0n) is 10.3. The molecule has 0 fully saturated rings. The Labute approximate surface area is 111 Å². The second-order valence-corrected chi connectivity index (χ2v) is 4.14. The van der Waals surface area contributed by atoms with Crippen molar-refractivity contribution >= 4 is 0 Å². The molecule has 2 aromatic carbocycles. The minimum atomic E-state index is 0.294. The van der Waals surface area contributed by atoms with Gasteiger partial charge in [0.1, 0.15) is 18.6 Å². The van der Waals surface area contributed by atoms with Gasteiger partial charge in [0.05, 0.1) is 0 Å². The molecule has 0 aliphatic carbocycles. The van der Waals surface area contributed by atoms with Crippen LogP contribution in [0.5, 0.6) is 6.08 Å². The molecule has 3 rings (SSSR count). The summed E-state index contributed by atoms with van der Waals surface area (Å²) in [5.41, 5.74) is 2.88. The molecule has 19 heavy (non-hydrogen) atoms. The molecule has 0 unspecified atom stereocenters. The molecule has 0 N–H and O–H groups in total. The number of oxazole rings is 1. The lowest BCUT2D eigenvalue weighted by molar-refractivity contribution is 0.220. The fourth-order valence-electron chi connectivity index (χ4n) is 1.78. The lowest BCUT2D eigenvalue weighted by Gasteiger charge is -2.00. The van der Waals surface area contributed by atoms with E-state index in [1.807, 2.05) is 60.7 Å². The van der Waals surface area contributed by atoms with Crippen molar-refractivity contribution < 1.29 is 9.15 Å². The maximum Gasteiger partial charge on any atom is 0.394 e. The Morgan fingerprint density at radius 3 is 2.32 bits per heavy atom. The van der Waals surface area contributed by atoms with E-state index in [-0.39, 0.29) is 0 Å². The van der Waals surface area contributed by atoms with Crippen LogP contribution in [0.15, 0.2) is 71.3 Å². The second kappa shape index (κ2) is 5.40. The van der Waals surface area contributed by atoms with E-state index in [1.54, 1.807) is 6.26 Å². The van der Waals surface area contributed by atoms with Crippen molar-refractivity contribution in [1.29, 1.82) is 0 Å². The van der Waals surface area contributed by atoms with Crippen LogP contribution in [0.25, 0.3) is 11.3 Å². The fourth-order valence-corrected chi connectivity index (χ4v) is 1.78. The van der Waals surface area contributed by atoms with E-state index in [4.69, 9.17) is 9.15 Å². The third-order valence-electron chi connectivity index (χ3n) is 2.76. The largest absolute Gasteiger partial charge is 0.445 e. The molecular formula is C16H13NO2. The quantitative estimate of drug-likeness (QED) is 0.705. The van der Waals surface area contributed by atoms with Crippen LogP contribution in [-0.2, 0) is 6.61 Å². The van der Waals surface area contributed by atoms with Gasteiger partial charge in [-0.05, 0) is 5.56 Å². The molecule has 0 bridgehead atoms. The summed E-state index contributed by atoms with van der Waals surface area (Å²) < 4.78 is 10.8. The number of benzene rings is 2. The van der Waals surface area contributed by atoms with Crippen molar-refractivity contribution in [1.82, 2.24) is 4.98 Å². The summed E-state index contributed by atoms with van der Waals surface area (Å²) in [6, 6.07) is 19.8. The van der Waals surface area contributed by atoms with Crippen molar-refractivity contribution in [3.05, 3.63) is 72.5 Å². The van der Waals surface area contributed by atoms with E-state index in [9.17, 15) is 0 Å². The SMILES string of the molecule is c1ccc(COc2nc(-c3ccccc3)co2)cc1. The monoisotopic (exact) mass is 251 g/mol. The fraction of sp³-hybridized carbons (Fsp3) is 0.0625. The summed E-state index contributed by atoms with van der Waals surface area (Å²) in [7, 11) is 0. The highest BCUT2D eigenvalue weighted by Crippen LogP contribution is 2.21. The smallest absolute Gasteiger partial charge is 0.394 e. The lowest BCUT2D eigenvalue weighted by atomic mass is 10.2. The van der Waals surface area contributed by atoms with Crippen LogP contribution >= 0.6 is 0 Å². The van der Waals surface area contributed by atoms with Gasteiger partial charge >= 0.3 is 6.08 Å². The van der Waals surface area contributed by atoms with Gasteiger partial charge in [-0.15, -0.1) is 0 Å². The van der Waals surface area contributed by atoms with Gasteiger partial charge in [-0.2, -0.15) is 4.98 Å². The number of hydrogen-bond donors (Lipinski definition) is 0. The molecule has 0 amide bonds. The molecule has 1 heterocycles. The highest BCUT2D eigenvalue weighted by atomic mass is 16.6. The number of rotatable bonds is 4. The third-order valence-corrected chi connectivity index (χ3v) is 2.76. The first kappa shape index (κ1) is 11.5. The minimum Gasteiger partial charge on any atom is -0.445 e. The lowest BCUT2D eigenvalue weighted by Crippen LogP contribution is -1.94. The van der Waals surface area contributed by atoms with Crippen molar-refractivity contribution in [3.8, 4) is 17.3 Å². The van der Waals surface area contributed by atoms with Crippen molar-refractivity contribution in [2.75, 3.05) is 0 Å². The highest BCUT2D eigenvalue weighted by Gasteiger charge is 2.06. The van der Waals surface area contributed by atoms with Gasteiger partial charge in [0.25, 0.3) is 0 Å². The summed E-state index contributed by atoms with van der Waals surface area (Å²) in [4.78, 5) is 4.31. The van der Waals surface area contributed by atoms with E-state index in [1.165, 1.54) is 0 Å². The van der Waals surface area contributed by atoms with Gasteiger partial charge < -0.3 is 9.15 Å². The van der Waals surface area contributed by atoms with Crippen molar-refractivity contribution in [2.45, 2.75) is 6.61 Å². The van der Waals surface area contributed by atoms with Gasteiger partial charge in [0, 0.05) is 5.56 Å². The van der Waals surface area contributed by atoms with Crippen LogP contribution in [0.4, 0.5) is 0 Å². The van der Waals surface area contributed by atoms with Crippen LogP contribution in [0.1, 0.15) is 5.56 Å². The van der Waals surface area contributed by atoms with Gasteiger partial charge in [-0.1, -0.05) is 60.7 Å². The molecule has 1 aromatic heterocycles. The second-order valence-electron chi connectivity index (χ2n) is 4.14. The molecule has 0 radical (unpaired) electrons. The first-order valence-corrected chi connectivity index (χ1v) is 6.09. The van der Waals surface area contributed by atoms with Gasteiger partial charge in [-0.25, -0.2) is 0 Å². The van der Waals surface area contributed by atoms with E-state index >= 15 is 0 Å². The van der Waals surface area contributed by atoms with Crippen LogP contribution < -0.4 is 4.74 Å².